The van der Waals surface area contributed by atoms with Crippen LogP contribution in [0.15, 0.2) is 0 Å². The average Bonchev–Trinajstić information content (AvgIpc) is 2.33. The number of rotatable bonds is 0. The summed E-state index contributed by atoms with van der Waals surface area (Å²) in [4.78, 5) is 0. The summed E-state index contributed by atoms with van der Waals surface area (Å²) in [6.45, 7) is 1.16. The highest BCUT2D eigenvalue weighted by molar-refractivity contribution is 4.85. The smallest absolute Gasteiger partial charge is 0.0274 e. The molecule has 0 N–H and O–H groups in total. The summed E-state index contributed by atoms with van der Waals surface area (Å²) in [6, 6.07) is 0.791. The van der Waals surface area contributed by atoms with Crippen LogP contribution in [0.25, 0.3) is 0 Å². The summed E-state index contributed by atoms with van der Waals surface area (Å²) in [5.74, 6) is 0.999. The molecule has 0 unspecified atom stereocenters. The van der Waals surface area contributed by atoms with Gasteiger partial charge in [0.2, 0.25) is 0 Å². The maximum atomic E-state index is 4.56. The Balaban J connectivity index is 1.97. The third-order valence-electron chi connectivity index (χ3n) is 2.73. The highest BCUT2D eigenvalue weighted by Crippen LogP contribution is 2.30. The Morgan fingerprint density at radius 3 is 2.78 bits per heavy atom. The van der Waals surface area contributed by atoms with Crippen LogP contribution >= 0.6 is 0 Å². The van der Waals surface area contributed by atoms with Crippen LogP contribution in [0, 0.1) is 5.92 Å². The van der Waals surface area contributed by atoms with Gasteiger partial charge in [-0.2, -0.15) is 0 Å². The fraction of sp³-hybridized carbons (Fsp3) is 1.00. The molecule has 0 spiro atoms. The molecule has 1 aliphatic carbocycles. The van der Waals surface area contributed by atoms with E-state index in [0.29, 0.717) is 0 Å². The van der Waals surface area contributed by atoms with Crippen molar-refractivity contribution in [2.24, 2.45) is 5.92 Å². The van der Waals surface area contributed by atoms with E-state index in [1.54, 1.807) is 0 Å². The summed E-state index contributed by atoms with van der Waals surface area (Å²) in [5.41, 5.74) is 0. The van der Waals surface area contributed by atoms with Crippen LogP contribution in [0.3, 0.4) is 0 Å². The van der Waals surface area contributed by atoms with Gasteiger partial charge in [0.25, 0.3) is 0 Å². The number of hydrogen-bond acceptors (Lipinski definition) is 0. The fourth-order valence-electron chi connectivity index (χ4n) is 2.17. The number of hydrogen-bond donors (Lipinski definition) is 0. The molecular formula is C8H14N. The largest absolute Gasteiger partial charge is 0.238 e. The van der Waals surface area contributed by atoms with Crippen LogP contribution in [0.5, 0.6) is 0 Å². The Morgan fingerprint density at radius 2 is 1.89 bits per heavy atom. The van der Waals surface area contributed by atoms with Gasteiger partial charge in [-0.05, 0) is 25.2 Å². The standard InChI is InChI=1S/C8H14N/c1-2-4-8-7(3-1)5-6-9-8/h7-8H,1-6H2/t7-,8+/m1/s1. The van der Waals surface area contributed by atoms with E-state index in [-0.39, 0.29) is 0 Å². The lowest BCUT2D eigenvalue weighted by atomic mass is 9.86. The van der Waals surface area contributed by atoms with Gasteiger partial charge in [-0.15, -0.1) is 0 Å². The molecule has 1 aliphatic heterocycles. The molecular weight excluding hydrogens is 110 g/mol. The third-order valence-corrected chi connectivity index (χ3v) is 2.73. The van der Waals surface area contributed by atoms with Gasteiger partial charge in [0.15, 0.2) is 0 Å². The topological polar surface area (TPSA) is 14.1 Å². The van der Waals surface area contributed by atoms with Gasteiger partial charge >= 0.3 is 0 Å². The molecule has 1 nitrogen and oxygen atoms in total. The Bertz CT molecular complexity index is 88.7. The second kappa shape index (κ2) is 2.30. The first-order valence-electron chi connectivity index (χ1n) is 4.13. The molecule has 1 heterocycles. The van der Waals surface area contributed by atoms with Crippen LogP contribution in [0.2, 0.25) is 0 Å². The fourth-order valence-corrected chi connectivity index (χ4v) is 2.17. The molecule has 0 bridgehead atoms. The van der Waals surface area contributed by atoms with Crippen molar-refractivity contribution in [3.8, 4) is 0 Å². The van der Waals surface area contributed by atoms with Gasteiger partial charge in [0, 0.05) is 12.6 Å². The predicted molar refractivity (Wildman–Crippen MR) is 37.4 cm³/mol. The molecule has 2 atom stereocenters. The van der Waals surface area contributed by atoms with E-state index >= 15 is 0 Å². The van der Waals surface area contributed by atoms with Gasteiger partial charge < -0.3 is 0 Å². The van der Waals surface area contributed by atoms with Gasteiger partial charge in [-0.3, -0.25) is 0 Å². The highest BCUT2D eigenvalue weighted by Gasteiger charge is 2.29. The maximum Gasteiger partial charge on any atom is 0.0274 e. The van der Waals surface area contributed by atoms with Crippen molar-refractivity contribution in [3.05, 3.63) is 0 Å². The second-order valence-electron chi connectivity index (χ2n) is 3.31. The van der Waals surface area contributed by atoms with Crippen LogP contribution < -0.4 is 5.32 Å². The summed E-state index contributed by atoms with van der Waals surface area (Å²) in [5, 5.41) is 4.56. The van der Waals surface area contributed by atoms with Crippen molar-refractivity contribution >= 4 is 0 Å². The maximum absolute atomic E-state index is 4.56. The van der Waals surface area contributed by atoms with E-state index in [1.807, 2.05) is 0 Å². The van der Waals surface area contributed by atoms with Gasteiger partial charge in [0.05, 0.1) is 0 Å². The Kier molecular flexibility index (Phi) is 1.46. The van der Waals surface area contributed by atoms with Crippen molar-refractivity contribution in [1.82, 2.24) is 5.32 Å². The highest BCUT2D eigenvalue weighted by atomic mass is 15.0. The molecule has 1 radical (unpaired) electrons. The van der Waals surface area contributed by atoms with Crippen LogP contribution in [0.1, 0.15) is 32.1 Å². The first-order valence-corrected chi connectivity index (χ1v) is 4.13. The van der Waals surface area contributed by atoms with E-state index < -0.39 is 0 Å². The van der Waals surface area contributed by atoms with E-state index in [2.05, 4.69) is 5.32 Å². The molecule has 1 saturated carbocycles. The second-order valence-corrected chi connectivity index (χ2v) is 3.31. The van der Waals surface area contributed by atoms with Crippen LogP contribution in [-0.4, -0.2) is 12.6 Å². The third kappa shape index (κ3) is 0.983. The lowest BCUT2D eigenvalue weighted by molar-refractivity contribution is 0.323. The van der Waals surface area contributed by atoms with Crippen molar-refractivity contribution in [2.75, 3.05) is 6.54 Å². The molecule has 9 heavy (non-hydrogen) atoms. The van der Waals surface area contributed by atoms with E-state index in [1.165, 1.54) is 32.1 Å². The molecule has 0 aromatic carbocycles. The SMILES string of the molecule is C1CC[C@@H]2[N]CC[C@H]2C1. The zero-order valence-corrected chi connectivity index (χ0v) is 5.84. The molecule has 1 heteroatoms. The zero-order chi connectivity index (χ0) is 6.10. The average molecular weight is 124 g/mol. The van der Waals surface area contributed by atoms with E-state index in [4.69, 9.17) is 0 Å². The van der Waals surface area contributed by atoms with Gasteiger partial charge in [-0.1, -0.05) is 12.8 Å². The molecule has 0 amide bonds. The summed E-state index contributed by atoms with van der Waals surface area (Å²) in [6.07, 6.45) is 7.16. The summed E-state index contributed by atoms with van der Waals surface area (Å²) >= 11 is 0. The first kappa shape index (κ1) is 5.72. The quantitative estimate of drug-likeness (QED) is 0.465. The molecule has 2 fully saturated rings. The molecule has 1 saturated heterocycles. The summed E-state index contributed by atoms with van der Waals surface area (Å²) in [7, 11) is 0. The zero-order valence-electron chi connectivity index (χ0n) is 5.84. The van der Waals surface area contributed by atoms with Crippen molar-refractivity contribution < 1.29 is 0 Å². The van der Waals surface area contributed by atoms with E-state index in [0.717, 1.165) is 18.5 Å². The summed E-state index contributed by atoms with van der Waals surface area (Å²) < 4.78 is 0. The van der Waals surface area contributed by atoms with Crippen molar-refractivity contribution in [1.29, 1.82) is 0 Å². The molecule has 2 aliphatic rings. The normalized spacial score (nSPS) is 42.7. The predicted octanol–water partition coefficient (Wildman–Crippen LogP) is 1.55. The van der Waals surface area contributed by atoms with E-state index in [9.17, 15) is 0 Å². The number of fused-ring (bicyclic) bond motifs is 1. The van der Waals surface area contributed by atoms with Crippen molar-refractivity contribution in [3.63, 3.8) is 0 Å². The lowest BCUT2D eigenvalue weighted by Gasteiger charge is -2.23. The Hall–Kier alpha value is -0.0400. The monoisotopic (exact) mass is 124 g/mol. The van der Waals surface area contributed by atoms with Crippen LogP contribution in [0.4, 0.5) is 0 Å². The lowest BCUT2D eigenvalue weighted by Crippen LogP contribution is -2.24. The molecule has 0 aromatic heterocycles. The van der Waals surface area contributed by atoms with Crippen LogP contribution in [-0.2, 0) is 0 Å². The first-order chi connectivity index (χ1) is 4.47. The molecule has 51 valence electrons. The minimum Gasteiger partial charge on any atom is -0.238 e. The van der Waals surface area contributed by atoms with Crippen molar-refractivity contribution in [2.45, 2.75) is 38.1 Å². The Morgan fingerprint density at radius 1 is 1.00 bits per heavy atom. The van der Waals surface area contributed by atoms with Gasteiger partial charge in [0.1, 0.15) is 0 Å². The van der Waals surface area contributed by atoms with Gasteiger partial charge in [-0.25, -0.2) is 5.32 Å². The minimum absolute atomic E-state index is 0.791. The minimum atomic E-state index is 0.791. The molecule has 0 aromatic rings. The number of nitrogens with zero attached hydrogens (tertiary/aromatic N) is 1. The molecule has 2 rings (SSSR count). The Labute approximate surface area is 56.8 Å².